The molecule has 1 N–H and O–H groups in total. The minimum Gasteiger partial charge on any atom is -0.264 e. The van der Waals surface area contributed by atoms with Crippen molar-refractivity contribution in [3.63, 3.8) is 0 Å². The summed E-state index contributed by atoms with van der Waals surface area (Å²) >= 11 is 0. The lowest BCUT2D eigenvalue weighted by Gasteiger charge is -1.99. The fourth-order valence-electron chi connectivity index (χ4n) is 1.27. The molecule has 0 unspecified atom stereocenters. The Kier molecular flexibility index (Phi) is 1.88. The minimum atomic E-state index is -0.348. The smallest absolute Gasteiger partial charge is 0.264 e. The number of aromatic amines is 1. The molecule has 0 amide bonds. The lowest BCUT2D eigenvalue weighted by Crippen LogP contribution is -2.19. The molecule has 0 aliphatic rings. The molecule has 2 rings (SSSR count). The van der Waals surface area contributed by atoms with Gasteiger partial charge >= 0.3 is 5.56 Å². The summed E-state index contributed by atoms with van der Waals surface area (Å²) in [6.45, 7) is 3.72. The van der Waals surface area contributed by atoms with Crippen molar-refractivity contribution in [2.75, 3.05) is 0 Å². The summed E-state index contributed by atoms with van der Waals surface area (Å²) in [4.78, 5) is 15.2. The molecule has 0 spiro atoms. The average Bonchev–Trinajstić information content (AvgIpc) is 2.46. The average molecular weight is 191 g/mol. The van der Waals surface area contributed by atoms with Gasteiger partial charge in [0.05, 0.1) is 5.69 Å². The van der Waals surface area contributed by atoms with Crippen molar-refractivity contribution in [1.29, 1.82) is 0 Å². The Bertz CT molecular complexity index is 512. The standard InChI is InChI=1S/C8H9N5O/c1-5-3-6(2)13(12-5)7-8(14)11-10-4-9-7/h3-4H,1-2H3,(H,11,14). The van der Waals surface area contributed by atoms with Gasteiger partial charge in [-0.05, 0) is 19.9 Å². The highest BCUT2D eigenvalue weighted by atomic mass is 16.1. The highest BCUT2D eigenvalue weighted by molar-refractivity contribution is 5.21. The van der Waals surface area contributed by atoms with Gasteiger partial charge in [-0.3, -0.25) is 4.79 Å². The van der Waals surface area contributed by atoms with Crippen molar-refractivity contribution < 1.29 is 0 Å². The number of nitrogens with one attached hydrogen (secondary N) is 1. The molecule has 0 aliphatic heterocycles. The molecule has 72 valence electrons. The van der Waals surface area contributed by atoms with Crippen LogP contribution in [0.15, 0.2) is 17.2 Å². The second-order valence-corrected chi connectivity index (χ2v) is 2.98. The number of H-pyrrole nitrogens is 1. The summed E-state index contributed by atoms with van der Waals surface area (Å²) in [5.74, 6) is 0.241. The zero-order valence-corrected chi connectivity index (χ0v) is 7.85. The van der Waals surface area contributed by atoms with Crippen molar-refractivity contribution in [1.82, 2.24) is 25.0 Å². The van der Waals surface area contributed by atoms with E-state index in [0.29, 0.717) is 0 Å². The van der Waals surface area contributed by atoms with Crippen LogP contribution in [-0.2, 0) is 0 Å². The first-order chi connectivity index (χ1) is 6.68. The predicted octanol–water partition coefficient (Wildman–Crippen LogP) is -0.0326. The van der Waals surface area contributed by atoms with Crippen LogP contribution in [0.4, 0.5) is 0 Å². The van der Waals surface area contributed by atoms with Crippen LogP contribution >= 0.6 is 0 Å². The zero-order valence-electron chi connectivity index (χ0n) is 7.85. The molecule has 2 heterocycles. The topological polar surface area (TPSA) is 76.5 Å². The van der Waals surface area contributed by atoms with Crippen LogP contribution in [-0.4, -0.2) is 25.0 Å². The van der Waals surface area contributed by atoms with Crippen molar-refractivity contribution in [3.05, 3.63) is 34.1 Å². The van der Waals surface area contributed by atoms with Gasteiger partial charge in [0.1, 0.15) is 6.33 Å². The maximum atomic E-state index is 11.3. The number of hydrogen-bond donors (Lipinski definition) is 1. The molecule has 2 aromatic heterocycles. The van der Waals surface area contributed by atoms with Crippen molar-refractivity contribution in [3.8, 4) is 5.82 Å². The molecule has 0 fully saturated rings. The third-order valence-electron chi connectivity index (χ3n) is 1.82. The number of aromatic nitrogens is 5. The molecule has 14 heavy (non-hydrogen) atoms. The molecule has 6 nitrogen and oxygen atoms in total. The van der Waals surface area contributed by atoms with Gasteiger partial charge in [0.2, 0.25) is 5.82 Å². The van der Waals surface area contributed by atoms with Gasteiger partial charge in [-0.2, -0.15) is 10.2 Å². The number of nitrogens with zero attached hydrogens (tertiary/aromatic N) is 4. The first kappa shape index (κ1) is 8.61. The number of aryl methyl sites for hydroxylation is 2. The summed E-state index contributed by atoms with van der Waals surface area (Å²) in [6.07, 6.45) is 1.28. The van der Waals surface area contributed by atoms with E-state index in [4.69, 9.17) is 0 Å². The van der Waals surface area contributed by atoms with Gasteiger partial charge in [-0.25, -0.2) is 14.8 Å². The Morgan fingerprint density at radius 2 is 2.21 bits per heavy atom. The first-order valence-corrected chi connectivity index (χ1v) is 4.12. The quantitative estimate of drug-likeness (QED) is 0.686. The monoisotopic (exact) mass is 191 g/mol. The van der Waals surface area contributed by atoms with E-state index in [2.05, 4.69) is 20.3 Å². The summed E-state index contributed by atoms with van der Waals surface area (Å²) in [6, 6.07) is 1.88. The van der Waals surface area contributed by atoms with Crippen LogP contribution in [0.3, 0.4) is 0 Å². The minimum absolute atomic E-state index is 0.241. The molecule has 0 saturated heterocycles. The summed E-state index contributed by atoms with van der Waals surface area (Å²) in [5.41, 5.74) is 1.37. The maximum absolute atomic E-state index is 11.3. The van der Waals surface area contributed by atoms with Gasteiger partial charge < -0.3 is 0 Å². The van der Waals surface area contributed by atoms with E-state index in [1.54, 1.807) is 0 Å². The van der Waals surface area contributed by atoms with E-state index in [1.807, 2.05) is 19.9 Å². The lowest BCUT2D eigenvalue weighted by atomic mass is 10.4. The van der Waals surface area contributed by atoms with Gasteiger partial charge in [0.25, 0.3) is 0 Å². The second-order valence-electron chi connectivity index (χ2n) is 2.98. The van der Waals surface area contributed by atoms with E-state index in [1.165, 1.54) is 11.0 Å². The molecule has 0 bridgehead atoms. The van der Waals surface area contributed by atoms with Crippen LogP contribution < -0.4 is 5.56 Å². The normalized spacial score (nSPS) is 10.4. The van der Waals surface area contributed by atoms with E-state index < -0.39 is 0 Å². The van der Waals surface area contributed by atoms with Gasteiger partial charge in [0, 0.05) is 5.69 Å². The fraction of sp³-hybridized carbons (Fsp3) is 0.250. The second kappa shape index (κ2) is 3.06. The summed E-state index contributed by atoms with van der Waals surface area (Å²) < 4.78 is 1.50. The Morgan fingerprint density at radius 1 is 1.43 bits per heavy atom. The van der Waals surface area contributed by atoms with Crippen LogP contribution in [0.2, 0.25) is 0 Å². The van der Waals surface area contributed by atoms with Crippen LogP contribution in [0.1, 0.15) is 11.4 Å². The molecule has 0 aromatic carbocycles. The molecule has 0 radical (unpaired) electrons. The fourth-order valence-corrected chi connectivity index (χ4v) is 1.27. The highest BCUT2D eigenvalue weighted by Gasteiger charge is 2.07. The van der Waals surface area contributed by atoms with Crippen molar-refractivity contribution >= 4 is 0 Å². The van der Waals surface area contributed by atoms with Gasteiger partial charge in [-0.1, -0.05) is 0 Å². The lowest BCUT2D eigenvalue weighted by molar-refractivity contribution is 0.766. The van der Waals surface area contributed by atoms with Crippen molar-refractivity contribution in [2.24, 2.45) is 0 Å². The molecular formula is C8H9N5O. The number of hydrogen-bond acceptors (Lipinski definition) is 4. The summed E-state index contributed by atoms with van der Waals surface area (Å²) in [7, 11) is 0. The summed E-state index contributed by atoms with van der Waals surface area (Å²) in [5, 5.41) is 9.97. The predicted molar refractivity (Wildman–Crippen MR) is 49.2 cm³/mol. The highest BCUT2D eigenvalue weighted by Crippen LogP contribution is 2.04. The molecule has 0 atom stereocenters. The van der Waals surface area contributed by atoms with Crippen LogP contribution in [0, 0.1) is 13.8 Å². The van der Waals surface area contributed by atoms with Gasteiger partial charge in [-0.15, -0.1) is 0 Å². The SMILES string of the molecule is Cc1cc(C)n(-c2ncn[nH]c2=O)n1. The first-order valence-electron chi connectivity index (χ1n) is 4.12. The maximum Gasteiger partial charge on any atom is 0.309 e. The third kappa shape index (κ3) is 1.30. The Balaban J connectivity index is 2.66. The van der Waals surface area contributed by atoms with Crippen LogP contribution in [0.25, 0.3) is 5.82 Å². The Labute approximate surface area is 79.6 Å². The molecule has 6 heteroatoms. The van der Waals surface area contributed by atoms with E-state index >= 15 is 0 Å². The number of rotatable bonds is 1. The molecule has 2 aromatic rings. The largest absolute Gasteiger partial charge is 0.309 e. The molecule has 0 aliphatic carbocycles. The Morgan fingerprint density at radius 3 is 2.79 bits per heavy atom. The van der Waals surface area contributed by atoms with Crippen LogP contribution in [0.5, 0.6) is 0 Å². The van der Waals surface area contributed by atoms with E-state index in [-0.39, 0.29) is 11.4 Å². The van der Waals surface area contributed by atoms with Gasteiger partial charge in [0.15, 0.2) is 0 Å². The molecule has 0 saturated carbocycles. The zero-order chi connectivity index (χ0) is 10.1. The van der Waals surface area contributed by atoms with Crippen molar-refractivity contribution in [2.45, 2.75) is 13.8 Å². The Hall–Kier alpha value is -1.98. The molecular weight excluding hydrogens is 182 g/mol. The van der Waals surface area contributed by atoms with E-state index in [9.17, 15) is 4.79 Å². The third-order valence-corrected chi connectivity index (χ3v) is 1.82. The van der Waals surface area contributed by atoms with E-state index in [0.717, 1.165) is 11.4 Å².